The van der Waals surface area contributed by atoms with Crippen LogP contribution in [-0.2, 0) is 17.5 Å². The Hall–Kier alpha value is -1.83. The Morgan fingerprint density at radius 2 is 2.17 bits per heavy atom. The lowest BCUT2D eigenvalue weighted by Gasteiger charge is -2.08. The van der Waals surface area contributed by atoms with Crippen LogP contribution >= 0.6 is 0 Å². The van der Waals surface area contributed by atoms with Gasteiger partial charge in [0.2, 0.25) is 0 Å². The molecule has 0 aliphatic rings. The Labute approximate surface area is 101 Å². The molecule has 0 radical (unpaired) electrons. The normalized spacial score (nSPS) is 11.1. The number of hydrazine groups is 1. The minimum atomic E-state index is -4.40. The quantitative estimate of drug-likeness (QED) is 0.814. The van der Waals surface area contributed by atoms with Crippen molar-refractivity contribution in [3.8, 4) is 0 Å². The third-order valence-corrected chi connectivity index (χ3v) is 1.89. The van der Waals surface area contributed by atoms with E-state index in [1.54, 1.807) is 6.92 Å². The van der Waals surface area contributed by atoms with E-state index in [0.29, 0.717) is 5.69 Å². The number of halogens is 3. The molecular formula is C10H12F3N3O2. The summed E-state index contributed by atoms with van der Waals surface area (Å²) in [6.07, 6.45) is -4.33. The van der Waals surface area contributed by atoms with Crippen LogP contribution in [0.5, 0.6) is 0 Å². The number of hydrogen-bond acceptors (Lipinski definition) is 4. The van der Waals surface area contributed by atoms with Gasteiger partial charge in [0.1, 0.15) is 0 Å². The van der Waals surface area contributed by atoms with Gasteiger partial charge < -0.3 is 4.74 Å². The second kappa shape index (κ2) is 6.20. The van der Waals surface area contributed by atoms with E-state index in [1.807, 2.05) is 0 Å². The number of aromatic nitrogens is 1. The molecule has 0 saturated carbocycles. The molecule has 0 unspecified atom stereocenters. The number of rotatable bonds is 4. The van der Waals surface area contributed by atoms with Crippen molar-refractivity contribution in [2.24, 2.45) is 0 Å². The molecule has 1 aromatic heterocycles. The second-order valence-electron chi connectivity index (χ2n) is 3.23. The first-order chi connectivity index (χ1) is 8.43. The zero-order valence-corrected chi connectivity index (χ0v) is 9.54. The Morgan fingerprint density at radius 3 is 2.67 bits per heavy atom. The van der Waals surface area contributed by atoms with E-state index >= 15 is 0 Å². The van der Waals surface area contributed by atoms with Crippen molar-refractivity contribution < 1.29 is 22.7 Å². The van der Waals surface area contributed by atoms with Crippen LogP contribution in [0.4, 0.5) is 18.0 Å². The van der Waals surface area contributed by atoms with Crippen molar-refractivity contribution in [1.29, 1.82) is 0 Å². The standard InChI is InChI=1S/C10H12F3N3O2/c1-2-18-9(17)16-15-6-8-4-3-7(5-14-8)10(11,12)13/h3-5,15H,2,6H2,1H3,(H,16,17). The summed E-state index contributed by atoms with van der Waals surface area (Å²) in [5, 5.41) is 0. The van der Waals surface area contributed by atoms with Gasteiger partial charge in [0, 0.05) is 6.20 Å². The summed E-state index contributed by atoms with van der Waals surface area (Å²) in [5.41, 5.74) is 4.23. The van der Waals surface area contributed by atoms with E-state index in [2.05, 4.69) is 20.6 Å². The summed E-state index contributed by atoms with van der Waals surface area (Å²) in [4.78, 5) is 14.5. The number of alkyl halides is 3. The number of carbonyl (C=O) groups is 1. The Kier molecular flexibility index (Phi) is 4.90. The predicted molar refractivity (Wildman–Crippen MR) is 56.2 cm³/mol. The van der Waals surface area contributed by atoms with Crippen LogP contribution in [0.1, 0.15) is 18.2 Å². The highest BCUT2D eigenvalue weighted by molar-refractivity contribution is 5.66. The maximum Gasteiger partial charge on any atom is 0.421 e. The number of hydrogen-bond donors (Lipinski definition) is 2. The Morgan fingerprint density at radius 1 is 1.44 bits per heavy atom. The molecule has 1 amide bonds. The van der Waals surface area contributed by atoms with Gasteiger partial charge in [-0.3, -0.25) is 10.4 Å². The molecule has 0 fully saturated rings. The number of pyridine rings is 1. The molecule has 0 saturated heterocycles. The minimum Gasteiger partial charge on any atom is -0.449 e. The second-order valence-corrected chi connectivity index (χ2v) is 3.23. The number of nitrogens with zero attached hydrogens (tertiary/aromatic N) is 1. The predicted octanol–water partition coefficient (Wildman–Crippen LogP) is 1.85. The largest absolute Gasteiger partial charge is 0.449 e. The molecule has 100 valence electrons. The van der Waals surface area contributed by atoms with Gasteiger partial charge in [-0.2, -0.15) is 13.2 Å². The zero-order valence-electron chi connectivity index (χ0n) is 9.54. The summed E-state index contributed by atoms with van der Waals surface area (Å²) in [6.45, 7) is 1.97. The lowest BCUT2D eigenvalue weighted by Crippen LogP contribution is -2.37. The van der Waals surface area contributed by atoms with E-state index in [9.17, 15) is 18.0 Å². The summed E-state index contributed by atoms with van der Waals surface area (Å²) < 4.78 is 41.3. The van der Waals surface area contributed by atoms with E-state index in [0.717, 1.165) is 12.3 Å². The summed E-state index contributed by atoms with van der Waals surface area (Å²) in [7, 11) is 0. The molecular weight excluding hydrogens is 251 g/mol. The van der Waals surface area contributed by atoms with E-state index < -0.39 is 17.8 Å². The fourth-order valence-electron chi connectivity index (χ4n) is 1.07. The van der Waals surface area contributed by atoms with Crippen molar-refractivity contribution in [3.05, 3.63) is 29.6 Å². The fraction of sp³-hybridized carbons (Fsp3) is 0.400. The molecule has 0 aliphatic carbocycles. The van der Waals surface area contributed by atoms with Gasteiger partial charge in [-0.05, 0) is 19.1 Å². The number of amides is 1. The highest BCUT2D eigenvalue weighted by Gasteiger charge is 2.30. The minimum absolute atomic E-state index is 0.0942. The molecule has 1 aromatic rings. The molecule has 5 nitrogen and oxygen atoms in total. The van der Waals surface area contributed by atoms with Gasteiger partial charge >= 0.3 is 12.3 Å². The molecule has 0 atom stereocenters. The molecule has 0 spiro atoms. The first-order valence-electron chi connectivity index (χ1n) is 5.11. The molecule has 0 aromatic carbocycles. The van der Waals surface area contributed by atoms with Crippen molar-refractivity contribution >= 4 is 6.09 Å². The maximum absolute atomic E-state index is 12.2. The van der Waals surface area contributed by atoms with Gasteiger partial charge in [0.15, 0.2) is 0 Å². The van der Waals surface area contributed by atoms with Crippen LogP contribution in [0.2, 0.25) is 0 Å². The Bertz CT molecular complexity index is 392. The van der Waals surface area contributed by atoms with Crippen LogP contribution in [0.25, 0.3) is 0 Å². The van der Waals surface area contributed by atoms with E-state index in [-0.39, 0.29) is 13.2 Å². The van der Waals surface area contributed by atoms with Crippen LogP contribution in [0.15, 0.2) is 18.3 Å². The fourth-order valence-corrected chi connectivity index (χ4v) is 1.07. The first kappa shape index (κ1) is 14.2. The topological polar surface area (TPSA) is 63.2 Å². The van der Waals surface area contributed by atoms with E-state index in [1.165, 1.54) is 6.07 Å². The van der Waals surface area contributed by atoms with Gasteiger partial charge in [-0.15, -0.1) is 0 Å². The molecule has 0 bridgehead atoms. The highest BCUT2D eigenvalue weighted by atomic mass is 19.4. The van der Waals surface area contributed by atoms with Gasteiger partial charge in [-0.1, -0.05) is 0 Å². The van der Waals surface area contributed by atoms with Crippen molar-refractivity contribution in [2.45, 2.75) is 19.6 Å². The molecule has 2 N–H and O–H groups in total. The SMILES string of the molecule is CCOC(=O)NNCc1ccc(C(F)(F)F)cn1. The summed E-state index contributed by atoms with van der Waals surface area (Å²) >= 11 is 0. The molecule has 0 aliphatic heterocycles. The molecule has 1 rings (SSSR count). The molecule has 1 heterocycles. The average molecular weight is 263 g/mol. The number of ether oxygens (including phenoxy) is 1. The summed E-state index contributed by atoms with van der Waals surface area (Å²) in [6, 6.07) is 2.15. The van der Waals surface area contributed by atoms with E-state index in [4.69, 9.17) is 0 Å². The number of nitrogens with one attached hydrogen (secondary N) is 2. The Balaban J connectivity index is 2.42. The monoisotopic (exact) mass is 263 g/mol. The smallest absolute Gasteiger partial charge is 0.421 e. The molecule has 8 heteroatoms. The summed E-state index contributed by atoms with van der Waals surface area (Å²) in [5.74, 6) is 0. The zero-order chi connectivity index (χ0) is 13.6. The van der Waals surface area contributed by atoms with Crippen molar-refractivity contribution in [1.82, 2.24) is 15.8 Å². The highest BCUT2D eigenvalue weighted by Crippen LogP contribution is 2.28. The molecule has 18 heavy (non-hydrogen) atoms. The maximum atomic E-state index is 12.2. The van der Waals surface area contributed by atoms with Crippen LogP contribution in [0, 0.1) is 0 Å². The van der Waals surface area contributed by atoms with Crippen molar-refractivity contribution in [2.75, 3.05) is 6.61 Å². The lowest BCUT2D eigenvalue weighted by molar-refractivity contribution is -0.137. The van der Waals surface area contributed by atoms with Gasteiger partial charge in [0.25, 0.3) is 0 Å². The third kappa shape index (κ3) is 4.58. The lowest BCUT2D eigenvalue weighted by atomic mass is 10.2. The van der Waals surface area contributed by atoms with Crippen molar-refractivity contribution in [3.63, 3.8) is 0 Å². The van der Waals surface area contributed by atoms with Crippen LogP contribution in [-0.4, -0.2) is 17.7 Å². The van der Waals surface area contributed by atoms with Gasteiger partial charge in [-0.25, -0.2) is 10.2 Å². The number of carbonyl (C=O) groups excluding carboxylic acids is 1. The average Bonchev–Trinajstić information content (AvgIpc) is 2.29. The van der Waals surface area contributed by atoms with Crippen LogP contribution < -0.4 is 10.9 Å². The first-order valence-corrected chi connectivity index (χ1v) is 5.11. The third-order valence-electron chi connectivity index (χ3n) is 1.89. The van der Waals surface area contributed by atoms with Crippen LogP contribution in [0.3, 0.4) is 0 Å². The van der Waals surface area contributed by atoms with Gasteiger partial charge in [0.05, 0.1) is 24.4 Å².